The molecule has 1 unspecified atom stereocenters. The average molecular weight is 785 g/mol. The van der Waals surface area contributed by atoms with Crippen molar-refractivity contribution in [2.45, 2.75) is 90.0 Å². The Labute approximate surface area is 330 Å². The van der Waals surface area contributed by atoms with Crippen molar-refractivity contribution < 1.29 is 28.0 Å². The molecule has 0 amide bonds. The molecule has 3 aromatic carbocycles. The number of nitriles is 1. The fourth-order valence-corrected chi connectivity index (χ4v) is 10.2. The van der Waals surface area contributed by atoms with E-state index in [0.717, 1.165) is 16.7 Å². The number of fused-ring (bicyclic) bond motifs is 2. The predicted octanol–water partition coefficient (Wildman–Crippen LogP) is 7.46. The van der Waals surface area contributed by atoms with Gasteiger partial charge in [-0.2, -0.15) is 5.26 Å². The zero-order valence-corrected chi connectivity index (χ0v) is 34.3. The van der Waals surface area contributed by atoms with Crippen molar-refractivity contribution >= 4 is 8.53 Å². The minimum atomic E-state index is -1.70. The first-order valence-electron chi connectivity index (χ1n) is 19.1. The van der Waals surface area contributed by atoms with E-state index in [-0.39, 0.29) is 43.6 Å². The summed E-state index contributed by atoms with van der Waals surface area (Å²) in [6, 6.07) is 28.1. The largest absolute Gasteiger partial charge is 0.497 e. The van der Waals surface area contributed by atoms with Crippen LogP contribution in [-0.2, 0) is 24.1 Å². The first kappa shape index (κ1) is 41.3. The molecular weight excluding hydrogens is 731 g/mol. The Bertz CT molecular complexity index is 2030. The Kier molecular flexibility index (Phi) is 12.9. The fraction of sp³-hybridized carbons (Fsp3) is 0.465. The third kappa shape index (κ3) is 7.94. The molecule has 1 saturated carbocycles. The Hall–Kier alpha value is -4.34. The van der Waals surface area contributed by atoms with Crippen LogP contribution in [0.5, 0.6) is 11.5 Å². The molecule has 1 aliphatic heterocycles. The predicted molar refractivity (Wildman–Crippen MR) is 215 cm³/mol. The Morgan fingerprint density at radius 1 is 0.946 bits per heavy atom. The van der Waals surface area contributed by atoms with Gasteiger partial charge in [0.15, 0.2) is 0 Å². The van der Waals surface area contributed by atoms with Gasteiger partial charge < -0.3 is 28.0 Å². The first-order chi connectivity index (χ1) is 26.9. The van der Waals surface area contributed by atoms with Gasteiger partial charge in [-0.3, -0.25) is 14.3 Å². The third-order valence-corrected chi connectivity index (χ3v) is 13.0. The van der Waals surface area contributed by atoms with E-state index >= 15 is 0 Å². The third-order valence-electron chi connectivity index (χ3n) is 10.9. The first-order valence-corrected chi connectivity index (χ1v) is 20.3. The van der Waals surface area contributed by atoms with Gasteiger partial charge >= 0.3 is 5.69 Å². The number of hydrogen-bond donors (Lipinski definition) is 1. The number of benzene rings is 3. The summed E-state index contributed by atoms with van der Waals surface area (Å²) >= 11 is 0. The molecule has 1 N–H and O–H groups in total. The molecule has 6 atom stereocenters. The highest BCUT2D eigenvalue weighted by molar-refractivity contribution is 7.44. The van der Waals surface area contributed by atoms with Crippen LogP contribution in [0.4, 0.5) is 0 Å². The molecule has 4 aromatic rings. The Morgan fingerprint density at radius 3 is 2.05 bits per heavy atom. The van der Waals surface area contributed by atoms with Crippen molar-refractivity contribution in [3.05, 3.63) is 128 Å². The number of aromatic nitrogens is 2. The van der Waals surface area contributed by atoms with Gasteiger partial charge in [0, 0.05) is 29.8 Å². The van der Waals surface area contributed by atoms with Crippen LogP contribution in [0.25, 0.3) is 0 Å². The maximum atomic E-state index is 13.5. The number of nitrogens with zero attached hydrogens (tertiary/aromatic N) is 3. The van der Waals surface area contributed by atoms with E-state index in [1.54, 1.807) is 27.3 Å². The Morgan fingerprint density at radius 2 is 1.52 bits per heavy atom. The smallest absolute Gasteiger partial charge is 0.330 e. The average Bonchev–Trinajstić information content (AvgIpc) is 3.64. The van der Waals surface area contributed by atoms with Gasteiger partial charge in [0.1, 0.15) is 35.0 Å². The molecule has 0 spiro atoms. The van der Waals surface area contributed by atoms with E-state index in [0.29, 0.717) is 23.5 Å². The zero-order chi connectivity index (χ0) is 40.2. The normalized spacial score (nSPS) is 22.5. The molecule has 12 nitrogen and oxygen atoms in total. The molecule has 2 fully saturated rings. The summed E-state index contributed by atoms with van der Waals surface area (Å²) in [5.41, 5.74) is -0.225. The van der Waals surface area contributed by atoms with Crippen molar-refractivity contribution in [1.29, 1.82) is 5.26 Å². The van der Waals surface area contributed by atoms with E-state index in [4.69, 9.17) is 28.0 Å². The van der Waals surface area contributed by atoms with Gasteiger partial charge in [-0.1, -0.05) is 61.5 Å². The molecule has 1 aromatic heterocycles. The van der Waals surface area contributed by atoms with Crippen molar-refractivity contribution in [3.8, 4) is 17.6 Å². The van der Waals surface area contributed by atoms with E-state index in [1.165, 1.54) is 4.57 Å². The summed E-state index contributed by atoms with van der Waals surface area (Å²) in [6.45, 7) is 12.4. The Balaban J connectivity index is 1.52. The quantitative estimate of drug-likeness (QED) is 0.0653. The van der Waals surface area contributed by atoms with Crippen LogP contribution in [0.1, 0.15) is 75.9 Å². The van der Waals surface area contributed by atoms with Crippen LogP contribution >= 0.6 is 8.53 Å². The fourth-order valence-electron chi connectivity index (χ4n) is 8.37. The highest BCUT2D eigenvalue weighted by Gasteiger charge is 2.66. The van der Waals surface area contributed by atoms with E-state index in [1.807, 2.05) is 78.9 Å². The second-order valence-corrected chi connectivity index (χ2v) is 16.6. The number of methoxy groups -OCH3 is 2. The van der Waals surface area contributed by atoms with E-state index in [2.05, 4.69) is 50.3 Å². The topological polar surface area (TPSA) is 137 Å². The van der Waals surface area contributed by atoms with Gasteiger partial charge in [-0.25, -0.2) is 9.46 Å². The van der Waals surface area contributed by atoms with Gasteiger partial charge in [0.05, 0.1) is 39.9 Å². The summed E-state index contributed by atoms with van der Waals surface area (Å²) in [5, 5.41) is 9.42. The van der Waals surface area contributed by atoms with Gasteiger partial charge in [-0.05, 0) is 87.9 Å². The number of nitrogens with one attached hydrogen (secondary N) is 1. The summed E-state index contributed by atoms with van der Waals surface area (Å²) in [5.74, 6) is 1.11. The maximum Gasteiger partial charge on any atom is 0.330 e. The lowest BCUT2D eigenvalue weighted by Gasteiger charge is -2.42. The summed E-state index contributed by atoms with van der Waals surface area (Å²) in [4.78, 5) is 28.5. The maximum absolute atomic E-state index is 13.5. The van der Waals surface area contributed by atoms with Crippen LogP contribution in [0.2, 0.25) is 0 Å². The molecule has 0 radical (unpaired) electrons. The van der Waals surface area contributed by atoms with Gasteiger partial charge in [0.25, 0.3) is 14.1 Å². The highest BCUT2D eigenvalue weighted by atomic mass is 31.2. The lowest BCUT2D eigenvalue weighted by molar-refractivity contribution is -0.174. The number of rotatable bonds is 17. The molecule has 298 valence electrons. The molecule has 6 rings (SSSR count). The lowest BCUT2D eigenvalue weighted by Crippen LogP contribution is -2.47. The van der Waals surface area contributed by atoms with Crippen molar-refractivity contribution in [1.82, 2.24) is 14.2 Å². The summed E-state index contributed by atoms with van der Waals surface area (Å²) in [6.07, 6.45) is 0.964. The number of H-pyrrole nitrogens is 1. The second-order valence-electron chi connectivity index (χ2n) is 15.2. The molecule has 2 bridgehead atoms. The van der Waals surface area contributed by atoms with Crippen LogP contribution in [0.3, 0.4) is 0 Å². The molecule has 56 heavy (non-hydrogen) atoms. The minimum absolute atomic E-state index is 0.0112. The standard InChI is InChI=1S/C43H53N4O8P/c1-28(2)47(29(3)4)56(53-24-12-23-44)55-38-37-30(5)25-42(38,54-40(37)46-26-31(6)39(48)45-41(46)49)27-52-43(32-13-10-9-11-14-32,33-15-19-35(50-7)20-16-33)34-17-21-36(51-8)22-18-34/h9-11,13-22,26,28-30,37-38,40H,12,24-25,27H2,1-8H3,(H,45,48,49)/t30-,37+,38-,40-,42+,56?/m1/s1. The number of hydrogen-bond acceptors (Lipinski definition) is 10. The number of ether oxygens (including phenoxy) is 4. The molecule has 2 heterocycles. The van der Waals surface area contributed by atoms with Crippen LogP contribution in [0, 0.1) is 30.1 Å². The molecule has 1 saturated heterocycles. The lowest BCUT2D eigenvalue weighted by atomic mass is 9.79. The second kappa shape index (κ2) is 17.4. The van der Waals surface area contributed by atoms with E-state index < -0.39 is 43.3 Å². The van der Waals surface area contributed by atoms with E-state index in [9.17, 15) is 14.9 Å². The van der Waals surface area contributed by atoms with Crippen LogP contribution < -0.4 is 20.7 Å². The summed E-state index contributed by atoms with van der Waals surface area (Å²) in [7, 11) is 1.57. The number of aryl methyl sites for hydroxylation is 1. The van der Waals surface area contributed by atoms with Crippen LogP contribution in [0.15, 0.2) is 94.6 Å². The molecular formula is C43H53N4O8P. The van der Waals surface area contributed by atoms with Crippen molar-refractivity contribution in [2.75, 3.05) is 27.4 Å². The number of aromatic amines is 1. The zero-order valence-electron chi connectivity index (χ0n) is 33.4. The van der Waals surface area contributed by atoms with Crippen molar-refractivity contribution in [3.63, 3.8) is 0 Å². The van der Waals surface area contributed by atoms with Gasteiger partial charge in [-0.15, -0.1) is 0 Å². The summed E-state index contributed by atoms with van der Waals surface area (Å²) < 4.78 is 43.1. The minimum Gasteiger partial charge on any atom is -0.497 e. The highest BCUT2D eigenvalue weighted by Crippen LogP contribution is 2.62. The van der Waals surface area contributed by atoms with Crippen molar-refractivity contribution in [2.24, 2.45) is 11.8 Å². The molecule has 1 aliphatic carbocycles. The molecule has 13 heteroatoms. The monoisotopic (exact) mass is 784 g/mol. The molecule has 2 aliphatic rings. The van der Waals surface area contributed by atoms with Gasteiger partial charge in [0.2, 0.25) is 0 Å². The van der Waals surface area contributed by atoms with Crippen LogP contribution in [-0.4, -0.2) is 65.4 Å². The SMILES string of the molecule is COc1ccc(C(OC[C@]23C[C@@H](C)[C@H]([C@H](n4cc(C)c(=O)[nH]c4=O)O2)[C@H]3OP(OCCC#N)N(C(C)C)C(C)C)(c2ccccc2)c2ccc(OC)cc2)cc1.